The predicted molar refractivity (Wildman–Crippen MR) is 64.6 cm³/mol. The number of hydrogen-bond acceptors (Lipinski definition) is 4. The third kappa shape index (κ3) is 2.09. The second-order valence-electron chi connectivity index (χ2n) is 4.46. The Labute approximate surface area is 104 Å². The van der Waals surface area contributed by atoms with Crippen molar-refractivity contribution in [2.24, 2.45) is 5.92 Å². The predicted octanol–water partition coefficient (Wildman–Crippen LogP) is 1.26. The van der Waals surface area contributed by atoms with Crippen molar-refractivity contribution >= 4 is 11.6 Å². The normalized spacial score (nSPS) is 22.2. The Hall–Kier alpha value is -2.24. The molecule has 92 valence electrons. The second-order valence-corrected chi connectivity index (χ2v) is 4.46. The Morgan fingerprint density at radius 1 is 1.33 bits per heavy atom. The molecular formula is C12H13N5O. The Kier molecular flexibility index (Phi) is 2.76. The summed E-state index contributed by atoms with van der Waals surface area (Å²) in [6.45, 7) is 0. The Bertz CT molecular complexity index is 519. The maximum Gasteiger partial charge on any atom is 0.227 e. The summed E-state index contributed by atoms with van der Waals surface area (Å²) in [5.74, 6) is 0.130. The molecule has 2 aromatic rings. The van der Waals surface area contributed by atoms with Crippen molar-refractivity contribution in [3.05, 3.63) is 37.2 Å². The van der Waals surface area contributed by atoms with Gasteiger partial charge >= 0.3 is 0 Å². The molecule has 0 aromatic carbocycles. The van der Waals surface area contributed by atoms with Gasteiger partial charge in [-0.15, -0.1) is 10.2 Å². The van der Waals surface area contributed by atoms with E-state index in [0.717, 1.165) is 18.5 Å². The molecule has 2 aromatic heterocycles. The zero-order valence-electron chi connectivity index (χ0n) is 9.73. The number of nitrogens with one attached hydrogen (secondary N) is 1. The number of hydrogen-bond donors (Lipinski definition) is 1. The molecule has 0 spiro atoms. The molecule has 0 aliphatic heterocycles. The van der Waals surface area contributed by atoms with Crippen molar-refractivity contribution in [1.29, 1.82) is 0 Å². The molecule has 1 aliphatic carbocycles. The fourth-order valence-electron chi connectivity index (χ4n) is 2.12. The van der Waals surface area contributed by atoms with Gasteiger partial charge in [-0.25, -0.2) is 0 Å². The first kappa shape index (κ1) is 10.9. The quantitative estimate of drug-likeness (QED) is 0.880. The molecule has 1 N–H and O–H groups in total. The highest BCUT2D eigenvalue weighted by Gasteiger charge is 2.35. The van der Waals surface area contributed by atoms with Crippen LogP contribution in [-0.2, 0) is 4.79 Å². The van der Waals surface area contributed by atoms with Crippen LogP contribution in [0.15, 0.2) is 37.2 Å². The SMILES string of the molecule is O=C(Nc1cccnc1)C1CC(n2cnnc2)C1. The molecule has 0 saturated heterocycles. The van der Waals surface area contributed by atoms with Crippen LogP contribution in [0.25, 0.3) is 0 Å². The van der Waals surface area contributed by atoms with E-state index >= 15 is 0 Å². The third-order valence-electron chi connectivity index (χ3n) is 3.27. The van der Waals surface area contributed by atoms with Crippen molar-refractivity contribution in [3.63, 3.8) is 0 Å². The fraction of sp³-hybridized carbons (Fsp3) is 0.333. The molecule has 1 aliphatic rings. The van der Waals surface area contributed by atoms with E-state index in [1.54, 1.807) is 31.1 Å². The Morgan fingerprint density at radius 2 is 2.11 bits per heavy atom. The summed E-state index contributed by atoms with van der Waals surface area (Å²) in [4.78, 5) is 15.9. The Balaban J connectivity index is 1.54. The summed E-state index contributed by atoms with van der Waals surface area (Å²) in [6, 6.07) is 3.99. The van der Waals surface area contributed by atoms with Crippen LogP contribution in [0.2, 0.25) is 0 Å². The number of nitrogens with zero attached hydrogens (tertiary/aromatic N) is 4. The van der Waals surface area contributed by atoms with E-state index in [1.165, 1.54) is 0 Å². The van der Waals surface area contributed by atoms with Gasteiger partial charge in [0.2, 0.25) is 5.91 Å². The number of anilines is 1. The number of rotatable bonds is 3. The zero-order valence-corrected chi connectivity index (χ0v) is 9.73. The van der Waals surface area contributed by atoms with Crippen molar-refractivity contribution < 1.29 is 4.79 Å². The van der Waals surface area contributed by atoms with E-state index in [0.29, 0.717) is 6.04 Å². The molecule has 6 heteroatoms. The molecule has 3 rings (SSSR count). The molecule has 1 fully saturated rings. The molecule has 1 saturated carbocycles. The number of pyridine rings is 1. The summed E-state index contributed by atoms with van der Waals surface area (Å²) in [7, 11) is 0. The summed E-state index contributed by atoms with van der Waals surface area (Å²) in [5.41, 5.74) is 0.746. The first-order valence-corrected chi connectivity index (χ1v) is 5.88. The van der Waals surface area contributed by atoms with Crippen LogP contribution >= 0.6 is 0 Å². The van der Waals surface area contributed by atoms with Gasteiger partial charge in [0.05, 0.1) is 11.9 Å². The van der Waals surface area contributed by atoms with Gasteiger partial charge in [0.15, 0.2) is 0 Å². The highest BCUT2D eigenvalue weighted by Crippen LogP contribution is 2.37. The number of amides is 1. The van der Waals surface area contributed by atoms with Gasteiger partial charge in [-0.3, -0.25) is 9.78 Å². The van der Waals surface area contributed by atoms with Crippen LogP contribution in [0.1, 0.15) is 18.9 Å². The number of carbonyl (C=O) groups is 1. The van der Waals surface area contributed by atoms with Gasteiger partial charge in [0, 0.05) is 18.2 Å². The molecular weight excluding hydrogens is 230 g/mol. The van der Waals surface area contributed by atoms with Crippen molar-refractivity contribution in [3.8, 4) is 0 Å². The van der Waals surface area contributed by atoms with Crippen LogP contribution < -0.4 is 5.32 Å². The highest BCUT2D eigenvalue weighted by atomic mass is 16.1. The number of carbonyl (C=O) groups excluding carboxylic acids is 1. The van der Waals surface area contributed by atoms with Crippen LogP contribution in [0.4, 0.5) is 5.69 Å². The largest absolute Gasteiger partial charge is 0.324 e. The molecule has 2 heterocycles. The van der Waals surface area contributed by atoms with Crippen molar-refractivity contribution in [1.82, 2.24) is 19.7 Å². The van der Waals surface area contributed by atoms with E-state index in [1.807, 2.05) is 10.6 Å². The van der Waals surface area contributed by atoms with Crippen LogP contribution in [0.5, 0.6) is 0 Å². The molecule has 0 radical (unpaired) electrons. The lowest BCUT2D eigenvalue weighted by molar-refractivity contribution is -0.123. The zero-order chi connectivity index (χ0) is 12.4. The monoisotopic (exact) mass is 243 g/mol. The third-order valence-corrected chi connectivity index (χ3v) is 3.27. The van der Waals surface area contributed by atoms with Crippen LogP contribution in [0.3, 0.4) is 0 Å². The molecule has 0 bridgehead atoms. The maximum absolute atomic E-state index is 11.9. The fourth-order valence-corrected chi connectivity index (χ4v) is 2.12. The maximum atomic E-state index is 11.9. The smallest absolute Gasteiger partial charge is 0.227 e. The van der Waals surface area contributed by atoms with Crippen molar-refractivity contribution in [2.75, 3.05) is 5.32 Å². The number of aromatic nitrogens is 4. The van der Waals surface area contributed by atoms with Crippen molar-refractivity contribution in [2.45, 2.75) is 18.9 Å². The standard InChI is InChI=1S/C12H13N5O/c18-12(16-10-2-1-3-13-6-10)9-4-11(5-9)17-7-14-15-8-17/h1-3,6-9,11H,4-5H2,(H,16,18). The van der Waals surface area contributed by atoms with Crippen LogP contribution in [-0.4, -0.2) is 25.7 Å². The lowest BCUT2D eigenvalue weighted by Gasteiger charge is -2.34. The average molecular weight is 243 g/mol. The Morgan fingerprint density at radius 3 is 2.78 bits per heavy atom. The van der Waals surface area contributed by atoms with E-state index in [-0.39, 0.29) is 11.8 Å². The lowest BCUT2D eigenvalue weighted by Crippen LogP contribution is -2.35. The van der Waals surface area contributed by atoms with Gasteiger partial charge < -0.3 is 9.88 Å². The highest BCUT2D eigenvalue weighted by molar-refractivity contribution is 5.92. The minimum Gasteiger partial charge on any atom is -0.324 e. The van der Waals surface area contributed by atoms with Gasteiger partial charge in [-0.1, -0.05) is 0 Å². The lowest BCUT2D eigenvalue weighted by atomic mass is 9.79. The van der Waals surface area contributed by atoms with Crippen LogP contribution in [0, 0.1) is 5.92 Å². The minimum atomic E-state index is 0.0623. The first-order valence-electron chi connectivity index (χ1n) is 5.88. The summed E-state index contributed by atoms with van der Waals surface area (Å²) >= 11 is 0. The van der Waals surface area contributed by atoms with Gasteiger partial charge in [-0.05, 0) is 25.0 Å². The topological polar surface area (TPSA) is 72.7 Å². The summed E-state index contributed by atoms with van der Waals surface area (Å²) in [6.07, 6.45) is 8.39. The van der Waals surface area contributed by atoms with Gasteiger partial charge in [0.25, 0.3) is 0 Å². The second kappa shape index (κ2) is 4.56. The molecule has 0 atom stereocenters. The molecule has 18 heavy (non-hydrogen) atoms. The average Bonchev–Trinajstić information content (AvgIpc) is 2.82. The molecule has 1 amide bonds. The van der Waals surface area contributed by atoms with E-state index in [4.69, 9.17) is 0 Å². The summed E-state index contributed by atoms with van der Waals surface area (Å²) < 4.78 is 1.95. The van der Waals surface area contributed by atoms with E-state index in [2.05, 4.69) is 20.5 Å². The van der Waals surface area contributed by atoms with Gasteiger partial charge in [0.1, 0.15) is 12.7 Å². The summed E-state index contributed by atoms with van der Waals surface area (Å²) in [5, 5.41) is 10.4. The first-order chi connectivity index (χ1) is 8.83. The molecule has 6 nitrogen and oxygen atoms in total. The van der Waals surface area contributed by atoms with E-state index in [9.17, 15) is 4.79 Å². The van der Waals surface area contributed by atoms with E-state index < -0.39 is 0 Å². The molecule has 0 unspecified atom stereocenters. The minimum absolute atomic E-state index is 0.0623. The van der Waals surface area contributed by atoms with Gasteiger partial charge in [-0.2, -0.15) is 0 Å².